The Bertz CT molecular complexity index is 446. The molecule has 0 unspecified atom stereocenters. The van der Waals surface area contributed by atoms with Gasteiger partial charge in [-0.2, -0.15) is 0 Å². The topological polar surface area (TPSA) is 83.8 Å². The molecule has 0 bridgehead atoms. The summed E-state index contributed by atoms with van der Waals surface area (Å²) in [6.07, 6.45) is 4.57. The fourth-order valence-corrected chi connectivity index (χ4v) is 1.16. The summed E-state index contributed by atoms with van der Waals surface area (Å²) in [6.45, 7) is 2.05. The molecule has 0 aromatic carbocycles. The number of hydrogen-bond donors (Lipinski definition) is 2. The molecule has 2 aromatic rings. The van der Waals surface area contributed by atoms with Crippen molar-refractivity contribution in [2.45, 2.75) is 13.5 Å². The summed E-state index contributed by atoms with van der Waals surface area (Å²) in [4.78, 5) is 22.2. The fraction of sp³-hybridized carbons (Fsp3) is 0.222. The van der Waals surface area contributed by atoms with Gasteiger partial charge in [0, 0.05) is 12.4 Å². The number of aromatic amines is 1. The maximum absolute atomic E-state index is 11.5. The number of H-pyrrole nitrogens is 1. The van der Waals surface area contributed by atoms with E-state index < -0.39 is 0 Å². The average Bonchev–Trinajstić information content (AvgIpc) is 2.84. The van der Waals surface area contributed by atoms with Crippen molar-refractivity contribution in [1.29, 1.82) is 0 Å². The Morgan fingerprint density at radius 1 is 1.60 bits per heavy atom. The van der Waals surface area contributed by atoms with E-state index in [0.29, 0.717) is 18.1 Å². The third-order valence-corrected chi connectivity index (χ3v) is 1.92. The molecule has 2 N–H and O–H groups in total. The van der Waals surface area contributed by atoms with Crippen molar-refractivity contribution >= 4 is 5.91 Å². The molecule has 1 amide bonds. The minimum atomic E-state index is -0.290. The van der Waals surface area contributed by atoms with Crippen LogP contribution < -0.4 is 5.32 Å². The predicted molar refractivity (Wildman–Crippen MR) is 51.0 cm³/mol. The minimum Gasteiger partial charge on any atom is -0.438 e. The van der Waals surface area contributed by atoms with Gasteiger partial charge in [0.2, 0.25) is 5.76 Å². The summed E-state index contributed by atoms with van der Waals surface area (Å²) in [5.74, 6) is 0.642. The molecule has 6 heteroatoms. The highest BCUT2D eigenvalue weighted by Gasteiger charge is 2.13. The van der Waals surface area contributed by atoms with Crippen LogP contribution in [0.1, 0.15) is 22.1 Å². The monoisotopic (exact) mass is 206 g/mol. The van der Waals surface area contributed by atoms with Crippen molar-refractivity contribution < 1.29 is 9.21 Å². The first-order chi connectivity index (χ1) is 7.27. The van der Waals surface area contributed by atoms with Crippen LogP contribution in [0.25, 0.3) is 0 Å². The Balaban J connectivity index is 1.96. The smallest absolute Gasteiger partial charge is 0.289 e. The van der Waals surface area contributed by atoms with Crippen LogP contribution in [0.2, 0.25) is 0 Å². The first-order valence-corrected chi connectivity index (χ1v) is 4.44. The number of nitrogens with one attached hydrogen (secondary N) is 2. The lowest BCUT2D eigenvalue weighted by Gasteiger charge is -2.00. The van der Waals surface area contributed by atoms with Gasteiger partial charge in [0.05, 0.1) is 12.2 Å². The number of nitrogens with zero attached hydrogens (tertiary/aromatic N) is 2. The lowest BCUT2D eigenvalue weighted by Crippen LogP contribution is -2.23. The normalized spacial score (nSPS) is 10.2. The number of rotatable bonds is 3. The highest BCUT2D eigenvalue weighted by molar-refractivity contribution is 5.92. The van der Waals surface area contributed by atoms with Crippen molar-refractivity contribution in [2.24, 2.45) is 0 Å². The van der Waals surface area contributed by atoms with Crippen LogP contribution in [-0.4, -0.2) is 20.9 Å². The Labute approximate surface area is 85.7 Å². The van der Waals surface area contributed by atoms with E-state index in [0.717, 1.165) is 0 Å². The number of imidazole rings is 1. The number of amides is 1. The number of aryl methyl sites for hydroxylation is 1. The Morgan fingerprint density at radius 2 is 2.47 bits per heavy atom. The molecular weight excluding hydrogens is 196 g/mol. The molecule has 0 radical (unpaired) electrons. The van der Waals surface area contributed by atoms with Crippen LogP contribution in [0.5, 0.6) is 0 Å². The van der Waals surface area contributed by atoms with Crippen molar-refractivity contribution in [3.63, 3.8) is 0 Å². The number of aromatic nitrogens is 3. The van der Waals surface area contributed by atoms with Gasteiger partial charge >= 0.3 is 0 Å². The molecule has 0 aliphatic carbocycles. The first-order valence-electron chi connectivity index (χ1n) is 4.44. The standard InChI is InChI=1S/C9H10N4O2/c1-6-8(15-5-13-6)9(14)12-4-7-10-2-3-11-7/h2-3,5H,4H2,1H3,(H,10,11)(H,12,14). The second-order valence-corrected chi connectivity index (χ2v) is 2.99. The molecule has 0 aliphatic rings. The number of hydrogen-bond acceptors (Lipinski definition) is 4. The number of oxazole rings is 1. The second-order valence-electron chi connectivity index (χ2n) is 2.99. The van der Waals surface area contributed by atoms with Gasteiger partial charge in [0.25, 0.3) is 5.91 Å². The first kappa shape index (κ1) is 9.45. The summed E-state index contributed by atoms with van der Waals surface area (Å²) < 4.78 is 4.94. The second kappa shape index (κ2) is 3.95. The van der Waals surface area contributed by atoms with Crippen LogP contribution in [-0.2, 0) is 6.54 Å². The highest BCUT2D eigenvalue weighted by atomic mass is 16.3. The molecule has 6 nitrogen and oxygen atoms in total. The molecule has 0 atom stereocenters. The maximum atomic E-state index is 11.5. The van der Waals surface area contributed by atoms with Gasteiger partial charge in [0.1, 0.15) is 5.82 Å². The van der Waals surface area contributed by atoms with Crippen LogP contribution in [0, 0.1) is 6.92 Å². The molecule has 0 saturated carbocycles. The molecule has 78 valence electrons. The molecule has 0 aliphatic heterocycles. The molecule has 2 aromatic heterocycles. The molecule has 2 heterocycles. The predicted octanol–water partition coefficient (Wildman–Crippen LogP) is 0.636. The van der Waals surface area contributed by atoms with Gasteiger partial charge in [-0.3, -0.25) is 4.79 Å². The summed E-state index contributed by atoms with van der Waals surface area (Å²) in [5.41, 5.74) is 0.576. The fourth-order valence-electron chi connectivity index (χ4n) is 1.16. The van der Waals surface area contributed by atoms with E-state index in [1.54, 1.807) is 19.3 Å². The van der Waals surface area contributed by atoms with Crippen LogP contribution in [0.4, 0.5) is 0 Å². The van der Waals surface area contributed by atoms with Gasteiger partial charge in [-0.15, -0.1) is 0 Å². The van der Waals surface area contributed by atoms with Gasteiger partial charge in [0.15, 0.2) is 6.39 Å². The van der Waals surface area contributed by atoms with Gasteiger partial charge in [-0.25, -0.2) is 9.97 Å². The van der Waals surface area contributed by atoms with Crippen molar-refractivity contribution in [2.75, 3.05) is 0 Å². The zero-order valence-electron chi connectivity index (χ0n) is 8.15. The summed E-state index contributed by atoms with van der Waals surface area (Å²) in [5, 5.41) is 2.66. The number of carbonyl (C=O) groups excluding carboxylic acids is 1. The summed E-state index contributed by atoms with van der Waals surface area (Å²) in [6, 6.07) is 0. The zero-order chi connectivity index (χ0) is 10.7. The van der Waals surface area contributed by atoms with E-state index in [1.165, 1.54) is 6.39 Å². The van der Waals surface area contributed by atoms with E-state index in [4.69, 9.17) is 4.42 Å². The van der Waals surface area contributed by atoms with Crippen LogP contribution in [0.3, 0.4) is 0 Å². The van der Waals surface area contributed by atoms with E-state index in [9.17, 15) is 4.79 Å². The van der Waals surface area contributed by atoms with Gasteiger partial charge < -0.3 is 14.7 Å². The lowest BCUT2D eigenvalue weighted by molar-refractivity contribution is 0.0921. The van der Waals surface area contributed by atoms with E-state index >= 15 is 0 Å². The quantitative estimate of drug-likeness (QED) is 0.771. The Hall–Kier alpha value is -2.11. The molecular formula is C9H10N4O2. The largest absolute Gasteiger partial charge is 0.438 e. The van der Waals surface area contributed by atoms with Crippen molar-refractivity contribution in [1.82, 2.24) is 20.3 Å². The SMILES string of the molecule is Cc1ncoc1C(=O)NCc1ncc[nH]1. The highest BCUT2D eigenvalue weighted by Crippen LogP contribution is 2.04. The molecule has 0 fully saturated rings. The summed E-state index contributed by atoms with van der Waals surface area (Å²) in [7, 11) is 0. The average molecular weight is 206 g/mol. The van der Waals surface area contributed by atoms with Crippen LogP contribution >= 0.6 is 0 Å². The van der Waals surface area contributed by atoms with E-state index in [-0.39, 0.29) is 11.7 Å². The molecule has 0 spiro atoms. The molecule has 2 rings (SSSR count). The zero-order valence-corrected chi connectivity index (χ0v) is 8.15. The van der Waals surface area contributed by atoms with Gasteiger partial charge in [-0.05, 0) is 6.92 Å². The Morgan fingerprint density at radius 3 is 3.07 bits per heavy atom. The van der Waals surface area contributed by atoms with Crippen LogP contribution in [0.15, 0.2) is 23.2 Å². The van der Waals surface area contributed by atoms with E-state index in [2.05, 4.69) is 20.3 Å². The molecule has 0 saturated heterocycles. The van der Waals surface area contributed by atoms with E-state index in [1.807, 2.05) is 0 Å². The maximum Gasteiger partial charge on any atom is 0.289 e. The summed E-state index contributed by atoms with van der Waals surface area (Å²) >= 11 is 0. The molecule has 15 heavy (non-hydrogen) atoms. The lowest BCUT2D eigenvalue weighted by atomic mass is 10.3. The third kappa shape index (κ3) is 2.04. The third-order valence-electron chi connectivity index (χ3n) is 1.92. The van der Waals surface area contributed by atoms with Crippen molar-refractivity contribution in [3.8, 4) is 0 Å². The Kier molecular flexibility index (Phi) is 2.49. The van der Waals surface area contributed by atoms with Crippen molar-refractivity contribution in [3.05, 3.63) is 36.1 Å². The van der Waals surface area contributed by atoms with Gasteiger partial charge in [-0.1, -0.05) is 0 Å². The number of carbonyl (C=O) groups is 1. The minimum absolute atomic E-state index is 0.238.